The number of unbranched alkanes of at least 4 members (excludes halogenated alkanes) is 24. The van der Waals surface area contributed by atoms with Crippen LogP contribution in [-0.4, -0.2) is 96.7 Å². The van der Waals surface area contributed by atoms with Crippen molar-refractivity contribution in [3.8, 4) is 0 Å². The van der Waals surface area contributed by atoms with E-state index < -0.39 is 97.5 Å². The second-order valence-electron chi connectivity index (χ2n) is 24.1. The van der Waals surface area contributed by atoms with E-state index in [-0.39, 0.29) is 25.7 Å². The van der Waals surface area contributed by atoms with Gasteiger partial charge in [0.15, 0.2) is 12.2 Å². The number of phosphoric acid groups is 2. The molecule has 0 spiro atoms. The van der Waals surface area contributed by atoms with Gasteiger partial charge in [-0.05, 0) is 49.4 Å². The predicted molar refractivity (Wildman–Crippen MR) is 321 cm³/mol. The van der Waals surface area contributed by atoms with Crippen LogP contribution < -0.4 is 0 Å². The molecule has 19 heteroatoms. The summed E-state index contributed by atoms with van der Waals surface area (Å²) in [4.78, 5) is 72.0. The standard InChI is InChI=1S/C62H120O17P2/c1-9-55(8)41-33-25-15-11-13-17-28-36-44-61(66)78-57(49-73-60(65)43-35-27-20-18-23-31-39-53(4)5)50-76-80(68,69)74-46-56(63)47-75-81(70,71)77-51-58(79-62(67)45-37-29-21-19-24-32-40-54(6)7)48-72-59(64)42-34-26-16-12-10-14-22-30-38-52(2)3/h52-58,63H,9-51H2,1-8H3,(H,68,69)(H,70,71)/t55?,56?,57-,58-/m1/s1. The number of aliphatic hydroxyl groups excluding tert-OH is 1. The maximum absolute atomic E-state index is 12.9. The molecule has 4 unspecified atom stereocenters. The number of ether oxygens (including phenoxy) is 4. The molecule has 0 bridgehead atoms. The molecule has 6 atom stereocenters. The van der Waals surface area contributed by atoms with Crippen molar-refractivity contribution in [3.05, 3.63) is 0 Å². The highest BCUT2D eigenvalue weighted by molar-refractivity contribution is 7.47. The van der Waals surface area contributed by atoms with E-state index in [4.69, 9.17) is 37.0 Å². The van der Waals surface area contributed by atoms with Gasteiger partial charge in [-0.2, -0.15) is 0 Å². The van der Waals surface area contributed by atoms with Crippen LogP contribution in [0.4, 0.5) is 0 Å². The minimum Gasteiger partial charge on any atom is -0.462 e. The van der Waals surface area contributed by atoms with E-state index in [1.54, 1.807) is 0 Å². The van der Waals surface area contributed by atoms with E-state index in [1.165, 1.54) is 89.9 Å². The Morgan fingerprint density at radius 1 is 0.346 bits per heavy atom. The molecule has 0 amide bonds. The van der Waals surface area contributed by atoms with E-state index >= 15 is 0 Å². The lowest BCUT2D eigenvalue weighted by Gasteiger charge is -2.21. The average Bonchev–Trinajstić information content (AvgIpc) is 3.41. The summed E-state index contributed by atoms with van der Waals surface area (Å²) in [6, 6.07) is 0. The molecule has 0 heterocycles. The van der Waals surface area contributed by atoms with Crippen molar-refractivity contribution in [3.63, 3.8) is 0 Å². The van der Waals surface area contributed by atoms with Gasteiger partial charge < -0.3 is 33.8 Å². The Morgan fingerprint density at radius 2 is 0.593 bits per heavy atom. The summed E-state index contributed by atoms with van der Waals surface area (Å²) in [5.41, 5.74) is 0. The smallest absolute Gasteiger partial charge is 0.462 e. The Labute approximate surface area is 492 Å². The monoisotopic (exact) mass is 1200 g/mol. The van der Waals surface area contributed by atoms with Crippen LogP contribution in [0.2, 0.25) is 0 Å². The number of carbonyl (C=O) groups excluding carboxylic acids is 4. The summed E-state index contributed by atoms with van der Waals surface area (Å²) >= 11 is 0. The third kappa shape index (κ3) is 55.7. The minimum absolute atomic E-state index is 0.101. The number of hydrogen-bond donors (Lipinski definition) is 3. The van der Waals surface area contributed by atoms with Crippen molar-refractivity contribution in [2.75, 3.05) is 39.6 Å². The van der Waals surface area contributed by atoms with Crippen molar-refractivity contribution in [1.82, 2.24) is 0 Å². The summed E-state index contributed by atoms with van der Waals surface area (Å²) in [6.07, 6.45) is 31.0. The normalized spacial score (nSPS) is 14.8. The van der Waals surface area contributed by atoms with Gasteiger partial charge in [-0.25, -0.2) is 9.13 Å². The number of phosphoric ester groups is 2. The number of hydrogen-bond acceptors (Lipinski definition) is 15. The van der Waals surface area contributed by atoms with E-state index in [1.807, 2.05) is 0 Å². The van der Waals surface area contributed by atoms with Crippen molar-refractivity contribution < 1.29 is 80.2 Å². The summed E-state index contributed by atoms with van der Waals surface area (Å²) in [5.74, 6) is 0.696. The summed E-state index contributed by atoms with van der Waals surface area (Å²) in [6.45, 7) is 13.9. The fourth-order valence-electron chi connectivity index (χ4n) is 9.04. The van der Waals surface area contributed by atoms with Gasteiger partial charge >= 0.3 is 39.5 Å². The molecule has 0 saturated carbocycles. The van der Waals surface area contributed by atoms with Crippen molar-refractivity contribution in [2.24, 2.45) is 23.7 Å². The van der Waals surface area contributed by atoms with Crippen LogP contribution in [0, 0.1) is 23.7 Å². The molecule has 0 aliphatic heterocycles. The first-order valence-electron chi connectivity index (χ1n) is 32.2. The topological polar surface area (TPSA) is 237 Å². The zero-order valence-electron chi connectivity index (χ0n) is 52.4. The van der Waals surface area contributed by atoms with Gasteiger partial charge in [-0.15, -0.1) is 0 Å². The second-order valence-corrected chi connectivity index (χ2v) is 27.0. The van der Waals surface area contributed by atoms with Crippen molar-refractivity contribution >= 4 is 39.5 Å². The third-order valence-corrected chi connectivity index (χ3v) is 16.3. The lowest BCUT2D eigenvalue weighted by molar-refractivity contribution is -0.161. The molecule has 0 radical (unpaired) electrons. The average molecular weight is 1200 g/mol. The molecule has 0 saturated heterocycles. The van der Waals surface area contributed by atoms with Gasteiger partial charge in [0.05, 0.1) is 26.4 Å². The Bertz CT molecular complexity index is 1630. The Morgan fingerprint density at radius 3 is 0.877 bits per heavy atom. The van der Waals surface area contributed by atoms with Crippen molar-refractivity contribution in [2.45, 2.75) is 311 Å². The fraction of sp³-hybridized carbons (Fsp3) is 0.935. The molecule has 17 nitrogen and oxygen atoms in total. The summed E-state index contributed by atoms with van der Waals surface area (Å²) < 4.78 is 67.8. The molecule has 3 N–H and O–H groups in total. The number of aliphatic hydroxyl groups is 1. The Balaban J connectivity index is 5.24. The Hall–Kier alpha value is -1.94. The van der Waals surface area contributed by atoms with Gasteiger partial charge in [-0.1, -0.05) is 242 Å². The first kappa shape index (κ1) is 79.1. The lowest BCUT2D eigenvalue weighted by Crippen LogP contribution is -2.30. The lowest BCUT2D eigenvalue weighted by atomic mass is 9.99. The van der Waals surface area contributed by atoms with Gasteiger partial charge in [-0.3, -0.25) is 37.3 Å². The first-order valence-corrected chi connectivity index (χ1v) is 35.2. The van der Waals surface area contributed by atoms with Gasteiger partial charge in [0, 0.05) is 25.7 Å². The van der Waals surface area contributed by atoms with Crippen LogP contribution in [0.5, 0.6) is 0 Å². The molecule has 0 aliphatic rings. The molecule has 0 rings (SSSR count). The van der Waals surface area contributed by atoms with E-state index in [9.17, 15) is 43.2 Å². The van der Waals surface area contributed by atoms with Gasteiger partial charge in [0.2, 0.25) is 0 Å². The van der Waals surface area contributed by atoms with Crippen LogP contribution in [0.1, 0.15) is 293 Å². The molecule has 0 fully saturated rings. The zero-order valence-corrected chi connectivity index (χ0v) is 54.2. The van der Waals surface area contributed by atoms with Crippen LogP contribution in [0.25, 0.3) is 0 Å². The number of carbonyl (C=O) groups is 4. The van der Waals surface area contributed by atoms with Crippen LogP contribution in [-0.2, 0) is 65.4 Å². The molecule has 0 aromatic rings. The Kier molecular flexibility index (Phi) is 51.1. The van der Waals surface area contributed by atoms with Crippen LogP contribution in [0.15, 0.2) is 0 Å². The quantitative estimate of drug-likeness (QED) is 0.0222. The first-order chi connectivity index (χ1) is 38.6. The second kappa shape index (κ2) is 52.4. The molecule has 0 aromatic heterocycles. The van der Waals surface area contributed by atoms with E-state index in [2.05, 4.69) is 55.4 Å². The highest BCUT2D eigenvalue weighted by Crippen LogP contribution is 2.45. The van der Waals surface area contributed by atoms with E-state index in [0.717, 1.165) is 108 Å². The molecular weight excluding hydrogens is 1080 g/mol. The predicted octanol–water partition coefficient (Wildman–Crippen LogP) is 16.6. The molecular formula is C62H120O17P2. The molecule has 480 valence electrons. The van der Waals surface area contributed by atoms with Crippen molar-refractivity contribution in [1.29, 1.82) is 0 Å². The highest BCUT2D eigenvalue weighted by atomic mass is 31.2. The molecule has 0 aliphatic carbocycles. The largest absolute Gasteiger partial charge is 0.472 e. The number of esters is 4. The molecule has 0 aromatic carbocycles. The third-order valence-electron chi connectivity index (χ3n) is 14.4. The SMILES string of the molecule is CCC(C)CCCCCCCCCCC(=O)O[C@H](COC(=O)CCCCCCCCC(C)C)COP(=O)(O)OCC(O)COP(=O)(O)OC[C@@H](COC(=O)CCCCCCCCCCC(C)C)OC(=O)CCCCCCCCC(C)C. The van der Waals surface area contributed by atoms with Gasteiger partial charge in [0.1, 0.15) is 19.3 Å². The zero-order chi connectivity index (χ0) is 60.4. The summed E-state index contributed by atoms with van der Waals surface area (Å²) in [7, 11) is -9.88. The minimum atomic E-state index is -4.94. The van der Waals surface area contributed by atoms with E-state index in [0.29, 0.717) is 37.5 Å². The fourth-order valence-corrected chi connectivity index (χ4v) is 10.6. The molecule has 81 heavy (non-hydrogen) atoms. The van der Waals surface area contributed by atoms with Crippen LogP contribution in [0.3, 0.4) is 0 Å². The maximum atomic E-state index is 12.9. The van der Waals surface area contributed by atoms with Crippen LogP contribution >= 0.6 is 15.6 Å². The van der Waals surface area contributed by atoms with Gasteiger partial charge in [0.25, 0.3) is 0 Å². The highest BCUT2D eigenvalue weighted by Gasteiger charge is 2.30. The number of rotatable bonds is 59. The maximum Gasteiger partial charge on any atom is 0.472 e. The summed E-state index contributed by atoms with van der Waals surface area (Å²) in [5, 5.41) is 10.5.